The molecule has 0 spiro atoms. The van der Waals surface area contributed by atoms with Crippen LogP contribution in [0.3, 0.4) is 0 Å². The lowest BCUT2D eigenvalue weighted by Crippen LogP contribution is -2.46. The first-order chi connectivity index (χ1) is 20.6. The van der Waals surface area contributed by atoms with E-state index < -0.39 is 0 Å². The number of hydrogen-bond donors (Lipinski definition) is 2. The molecule has 0 aliphatic heterocycles. The zero-order chi connectivity index (χ0) is 30.7. The fourth-order valence-corrected chi connectivity index (χ4v) is 5.94. The summed E-state index contributed by atoms with van der Waals surface area (Å²) in [6.45, 7) is 9.39. The van der Waals surface area contributed by atoms with E-state index in [1.54, 1.807) is 17.0 Å². The molecule has 1 heterocycles. The van der Waals surface area contributed by atoms with Crippen LogP contribution in [0.15, 0.2) is 66.9 Å². The normalized spacial score (nSPS) is 13.1. The van der Waals surface area contributed by atoms with Crippen LogP contribution in [0.25, 0.3) is 10.9 Å². The number of carbonyl (C=O) groups is 2. The number of H-pyrrole nitrogens is 1. The summed E-state index contributed by atoms with van der Waals surface area (Å²) in [7, 11) is 0. The van der Waals surface area contributed by atoms with Crippen molar-refractivity contribution in [2.75, 3.05) is 18.4 Å². The minimum absolute atomic E-state index is 0.00651. The molecule has 1 aromatic heterocycles. The van der Waals surface area contributed by atoms with Crippen LogP contribution in [0.2, 0.25) is 10.0 Å². The number of fused-ring (bicyclic) bond motifs is 1. The molecule has 0 saturated heterocycles. The van der Waals surface area contributed by atoms with Gasteiger partial charge in [0.15, 0.2) is 0 Å². The van der Waals surface area contributed by atoms with E-state index in [-0.39, 0.29) is 36.4 Å². The molecule has 0 radical (unpaired) electrons. The number of aromatic amines is 1. The van der Waals surface area contributed by atoms with E-state index in [2.05, 4.69) is 62.3 Å². The molecule has 1 saturated carbocycles. The number of nitrogens with one attached hydrogen (secondary N) is 2. The summed E-state index contributed by atoms with van der Waals surface area (Å²) < 4.78 is 0. The Balaban J connectivity index is 1.37. The maximum atomic E-state index is 14.0. The summed E-state index contributed by atoms with van der Waals surface area (Å²) >= 11 is 12.5. The molecule has 4 aromatic rings. The van der Waals surface area contributed by atoms with Gasteiger partial charge in [0.05, 0.1) is 10.0 Å². The highest BCUT2D eigenvalue weighted by atomic mass is 35.5. The summed E-state index contributed by atoms with van der Waals surface area (Å²) in [5.41, 5.74) is 6.16. The van der Waals surface area contributed by atoms with Crippen LogP contribution in [0, 0.1) is 0 Å². The number of benzene rings is 3. The van der Waals surface area contributed by atoms with Crippen LogP contribution >= 0.6 is 23.2 Å². The first-order valence-corrected chi connectivity index (χ1v) is 15.8. The zero-order valence-corrected chi connectivity index (χ0v) is 26.8. The lowest BCUT2D eigenvalue weighted by Gasteiger charge is -2.29. The highest BCUT2D eigenvalue weighted by Gasteiger charge is 2.35. The third kappa shape index (κ3) is 7.36. The Morgan fingerprint density at radius 2 is 1.63 bits per heavy atom. The van der Waals surface area contributed by atoms with E-state index in [4.69, 9.17) is 23.2 Å². The standard InChI is InChI=1S/C35H40Cl2N4O2/c1-22(2)27-9-7-10-28(23(3)4)34(27)39-35(43)41(26-13-14-26)21-33(42)40(20-24-12-15-30(36)31(37)18-24)17-16-25-19-38-32-11-6-5-8-29(25)32/h5-12,15,18-19,22-23,26,38H,13-14,16-17,20-21H2,1-4H3,(H,39,43). The van der Waals surface area contributed by atoms with Crippen molar-refractivity contribution in [2.45, 2.75) is 71.4 Å². The van der Waals surface area contributed by atoms with Crippen LogP contribution < -0.4 is 5.32 Å². The number of hydrogen-bond acceptors (Lipinski definition) is 2. The molecule has 1 fully saturated rings. The largest absolute Gasteiger partial charge is 0.361 e. The van der Waals surface area contributed by atoms with Crippen LogP contribution in [0.4, 0.5) is 10.5 Å². The van der Waals surface area contributed by atoms with Crippen molar-refractivity contribution >= 4 is 51.7 Å². The van der Waals surface area contributed by atoms with E-state index in [1.165, 1.54) is 0 Å². The third-order valence-corrected chi connectivity index (χ3v) is 8.93. The van der Waals surface area contributed by atoms with Crippen LogP contribution in [-0.4, -0.2) is 45.9 Å². The van der Waals surface area contributed by atoms with Gasteiger partial charge in [0.25, 0.3) is 0 Å². The second kappa shape index (κ2) is 13.4. The molecule has 2 N–H and O–H groups in total. The van der Waals surface area contributed by atoms with Gasteiger partial charge in [0, 0.05) is 41.9 Å². The topological polar surface area (TPSA) is 68.4 Å². The summed E-state index contributed by atoms with van der Waals surface area (Å²) in [5.74, 6) is 0.390. The highest BCUT2D eigenvalue weighted by Crippen LogP contribution is 2.34. The molecule has 0 bridgehead atoms. The molecule has 5 rings (SSSR count). The maximum absolute atomic E-state index is 14.0. The number of aromatic nitrogens is 1. The number of nitrogens with zero attached hydrogens (tertiary/aromatic N) is 2. The Bertz CT molecular complexity index is 1580. The van der Waals surface area contributed by atoms with Crippen molar-refractivity contribution in [3.8, 4) is 0 Å². The van der Waals surface area contributed by atoms with E-state index in [0.717, 1.165) is 51.7 Å². The van der Waals surface area contributed by atoms with E-state index in [9.17, 15) is 9.59 Å². The van der Waals surface area contributed by atoms with Crippen molar-refractivity contribution in [1.82, 2.24) is 14.8 Å². The lowest BCUT2D eigenvalue weighted by molar-refractivity contribution is -0.132. The third-order valence-electron chi connectivity index (χ3n) is 8.20. The molecule has 0 atom stereocenters. The quantitative estimate of drug-likeness (QED) is 0.176. The first kappa shape index (κ1) is 31.0. The lowest BCUT2D eigenvalue weighted by atomic mass is 9.93. The van der Waals surface area contributed by atoms with Gasteiger partial charge in [-0.3, -0.25) is 4.79 Å². The van der Waals surface area contributed by atoms with Gasteiger partial charge in [0.1, 0.15) is 6.54 Å². The minimum atomic E-state index is -0.225. The van der Waals surface area contributed by atoms with Gasteiger partial charge in [-0.15, -0.1) is 0 Å². The number of urea groups is 1. The van der Waals surface area contributed by atoms with E-state index >= 15 is 0 Å². The minimum Gasteiger partial charge on any atom is -0.361 e. The Hall–Kier alpha value is -3.48. The van der Waals surface area contributed by atoms with Gasteiger partial charge in [-0.25, -0.2) is 4.79 Å². The fourth-order valence-electron chi connectivity index (χ4n) is 5.62. The predicted molar refractivity (Wildman–Crippen MR) is 177 cm³/mol. The number of rotatable bonds is 11. The summed E-state index contributed by atoms with van der Waals surface area (Å²) in [6.07, 6.45) is 4.47. The zero-order valence-electron chi connectivity index (χ0n) is 25.3. The summed E-state index contributed by atoms with van der Waals surface area (Å²) in [6, 6.07) is 19.6. The average molecular weight is 620 g/mol. The highest BCUT2D eigenvalue weighted by molar-refractivity contribution is 6.42. The molecule has 6 nitrogen and oxygen atoms in total. The number of amides is 3. The second-order valence-electron chi connectivity index (χ2n) is 12.1. The number of anilines is 1. The van der Waals surface area contributed by atoms with E-state index in [0.29, 0.717) is 29.6 Å². The van der Waals surface area contributed by atoms with Crippen molar-refractivity contribution in [3.63, 3.8) is 0 Å². The van der Waals surface area contributed by atoms with Crippen molar-refractivity contribution in [1.29, 1.82) is 0 Å². The van der Waals surface area contributed by atoms with Crippen molar-refractivity contribution < 1.29 is 9.59 Å². The first-order valence-electron chi connectivity index (χ1n) is 15.1. The Kier molecular flexibility index (Phi) is 9.68. The smallest absolute Gasteiger partial charge is 0.322 e. The van der Waals surface area contributed by atoms with Crippen molar-refractivity contribution in [2.24, 2.45) is 0 Å². The second-order valence-corrected chi connectivity index (χ2v) is 12.9. The molecule has 226 valence electrons. The monoisotopic (exact) mass is 618 g/mol. The number of para-hydroxylation sites is 2. The van der Waals surface area contributed by atoms with E-state index in [1.807, 2.05) is 35.4 Å². The molecular weight excluding hydrogens is 579 g/mol. The van der Waals surface area contributed by atoms with Gasteiger partial charge in [-0.2, -0.15) is 0 Å². The molecule has 3 amide bonds. The Morgan fingerprint density at radius 1 is 0.930 bits per heavy atom. The molecule has 1 aliphatic rings. The van der Waals surface area contributed by atoms with Crippen LogP contribution in [0.5, 0.6) is 0 Å². The molecule has 8 heteroatoms. The SMILES string of the molecule is CC(C)c1cccc(C(C)C)c1NC(=O)N(CC(=O)N(CCc1c[nH]c2ccccc12)Cc1ccc(Cl)c(Cl)c1)C1CC1. The molecule has 43 heavy (non-hydrogen) atoms. The predicted octanol–water partition coefficient (Wildman–Crippen LogP) is 8.99. The molecular formula is C35H40Cl2N4O2. The fraction of sp³-hybridized carbons (Fsp3) is 0.371. The average Bonchev–Trinajstić information content (AvgIpc) is 3.74. The van der Waals surface area contributed by atoms with Gasteiger partial charge >= 0.3 is 6.03 Å². The Morgan fingerprint density at radius 3 is 2.28 bits per heavy atom. The van der Waals surface area contributed by atoms with Gasteiger partial charge in [0.2, 0.25) is 5.91 Å². The molecule has 3 aromatic carbocycles. The van der Waals surface area contributed by atoms with Gasteiger partial charge in [-0.05, 0) is 71.6 Å². The van der Waals surface area contributed by atoms with Gasteiger partial charge in [-0.1, -0.05) is 93.4 Å². The van der Waals surface area contributed by atoms with Crippen molar-refractivity contribution in [3.05, 3.63) is 99.2 Å². The summed E-state index contributed by atoms with van der Waals surface area (Å²) in [4.78, 5) is 34.7. The molecule has 1 aliphatic carbocycles. The molecule has 0 unspecified atom stereocenters. The maximum Gasteiger partial charge on any atom is 0.322 e. The number of halogens is 2. The van der Waals surface area contributed by atoms with Crippen LogP contribution in [0.1, 0.15) is 74.6 Å². The van der Waals surface area contributed by atoms with Crippen LogP contribution in [-0.2, 0) is 17.8 Å². The number of carbonyl (C=O) groups excluding carboxylic acids is 2. The Labute approximate surface area is 264 Å². The van der Waals surface area contributed by atoms with Gasteiger partial charge < -0.3 is 20.1 Å². The summed E-state index contributed by atoms with van der Waals surface area (Å²) in [5, 5.41) is 5.30.